The van der Waals surface area contributed by atoms with E-state index in [1.807, 2.05) is 24.0 Å². The predicted molar refractivity (Wildman–Crippen MR) is 79.0 cm³/mol. The summed E-state index contributed by atoms with van der Waals surface area (Å²) >= 11 is 0. The Morgan fingerprint density at radius 2 is 2.05 bits per heavy atom. The van der Waals surface area contributed by atoms with Crippen LogP contribution in [0.4, 0.5) is 8.78 Å². The highest BCUT2D eigenvalue weighted by atomic mass is 19.2. The molecule has 0 saturated heterocycles. The fraction of sp³-hybridized carbons (Fsp3) is 0.438. The molecule has 21 heavy (non-hydrogen) atoms. The number of benzene rings is 1. The smallest absolute Gasteiger partial charge is 0.159 e. The fourth-order valence-corrected chi connectivity index (χ4v) is 2.26. The van der Waals surface area contributed by atoms with E-state index in [0.29, 0.717) is 6.42 Å². The Balaban J connectivity index is 2.17. The van der Waals surface area contributed by atoms with Crippen LogP contribution in [0.1, 0.15) is 37.4 Å². The lowest BCUT2D eigenvalue weighted by Crippen LogP contribution is -2.23. The molecule has 5 heteroatoms. The Bertz CT molecular complexity index is 581. The molecule has 0 aliphatic carbocycles. The van der Waals surface area contributed by atoms with Gasteiger partial charge in [-0.1, -0.05) is 13.0 Å². The Morgan fingerprint density at radius 1 is 1.24 bits per heavy atom. The van der Waals surface area contributed by atoms with Crippen LogP contribution >= 0.6 is 0 Å². The van der Waals surface area contributed by atoms with Gasteiger partial charge in [-0.05, 0) is 44.0 Å². The number of hydrogen-bond donors (Lipinski definition) is 1. The van der Waals surface area contributed by atoms with Crippen LogP contribution in [0.15, 0.2) is 30.6 Å². The molecule has 1 aromatic carbocycles. The van der Waals surface area contributed by atoms with Gasteiger partial charge in [0, 0.05) is 24.3 Å². The summed E-state index contributed by atoms with van der Waals surface area (Å²) < 4.78 is 28.2. The molecule has 2 aromatic rings. The number of rotatable bonds is 7. The first-order valence-corrected chi connectivity index (χ1v) is 7.33. The van der Waals surface area contributed by atoms with Gasteiger partial charge in [0.1, 0.15) is 0 Å². The quantitative estimate of drug-likeness (QED) is 0.847. The van der Waals surface area contributed by atoms with Crippen LogP contribution < -0.4 is 5.32 Å². The number of nitrogens with zero attached hydrogens (tertiary/aromatic N) is 2. The van der Waals surface area contributed by atoms with Crippen LogP contribution in [-0.4, -0.2) is 16.3 Å². The minimum absolute atomic E-state index is 0.0510. The van der Waals surface area contributed by atoms with Crippen LogP contribution in [0.2, 0.25) is 0 Å². The van der Waals surface area contributed by atoms with Gasteiger partial charge in [0.2, 0.25) is 0 Å². The topological polar surface area (TPSA) is 29.9 Å². The summed E-state index contributed by atoms with van der Waals surface area (Å²) in [5, 5.41) is 7.72. The largest absolute Gasteiger partial charge is 0.310 e. The maximum Gasteiger partial charge on any atom is 0.159 e. The maximum absolute atomic E-state index is 13.3. The van der Waals surface area contributed by atoms with Gasteiger partial charge in [0.25, 0.3) is 0 Å². The van der Waals surface area contributed by atoms with Crippen LogP contribution in [0.3, 0.4) is 0 Å². The fourth-order valence-electron chi connectivity index (χ4n) is 2.26. The van der Waals surface area contributed by atoms with E-state index in [-0.39, 0.29) is 6.04 Å². The third-order valence-corrected chi connectivity index (χ3v) is 3.44. The zero-order valence-electron chi connectivity index (χ0n) is 12.4. The van der Waals surface area contributed by atoms with Crippen LogP contribution in [0.25, 0.3) is 0 Å². The second-order valence-corrected chi connectivity index (χ2v) is 5.09. The van der Waals surface area contributed by atoms with Gasteiger partial charge >= 0.3 is 0 Å². The molecule has 0 aliphatic heterocycles. The Morgan fingerprint density at radius 3 is 2.67 bits per heavy atom. The third kappa shape index (κ3) is 4.11. The highest BCUT2D eigenvalue weighted by molar-refractivity contribution is 5.22. The summed E-state index contributed by atoms with van der Waals surface area (Å²) in [6.07, 6.45) is 5.44. The van der Waals surface area contributed by atoms with E-state index < -0.39 is 11.6 Å². The third-order valence-electron chi connectivity index (χ3n) is 3.44. The van der Waals surface area contributed by atoms with Gasteiger partial charge in [0.05, 0.1) is 6.20 Å². The standard InChI is InChI=1S/C16H21F2N3/c1-3-7-19-16(13-10-20-21(4-2)11-13)9-12-5-6-14(17)15(18)8-12/h5-6,8,10-11,16,19H,3-4,7,9H2,1-2H3. The monoisotopic (exact) mass is 293 g/mol. The van der Waals surface area contributed by atoms with Crippen molar-refractivity contribution in [1.82, 2.24) is 15.1 Å². The molecule has 1 unspecified atom stereocenters. The first-order valence-electron chi connectivity index (χ1n) is 7.33. The van der Waals surface area contributed by atoms with E-state index >= 15 is 0 Å². The molecule has 0 radical (unpaired) electrons. The van der Waals surface area contributed by atoms with Crippen LogP contribution in [-0.2, 0) is 13.0 Å². The van der Waals surface area contributed by atoms with Gasteiger partial charge in [-0.25, -0.2) is 8.78 Å². The second kappa shape index (κ2) is 7.31. The molecule has 114 valence electrons. The SMILES string of the molecule is CCCNC(Cc1ccc(F)c(F)c1)c1cnn(CC)c1. The lowest BCUT2D eigenvalue weighted by molar-refractivity contribution is 0.500. The van der Waals surface area contributed by atoms with Crippen molar-refractivity contribution in [3.05, 3.63) is 53.4 Å². The normalized spacial score (nSPS) is 12.6. The Hall–Kier alpha value is -1.75. The van der Waals surface area contributed by atoms with E-state index in [1.54, 1.807) is 6.07 Å². The minimum Gasteiger partial charge on any atom is -0.310 e. The van der Waals surface area contributed by atoms with Crippen LogP contribution in [0.5, 0.6) is 0 Å². The molecule has 0 amide bonds. The van der Waals surface area contributed by atoms with Crippen molar-refractivity contribution in [3.63, 3.8) is 0 Å². The first-order chi connectivity index (χ1) is 10.1. The average Bonchev–Trinajstić information content (AvgIpc) is 2.96. The average molecular weight is 293 g/mol. The maximum atomic E-state index is 13.3. The summed E-state index contributed by atoms with van der Waals surface area (Å²) in [5.41, 5.74) is 1.83. The number of nitrogens with one attached hydrogen (secondary N) is 1. The highest BCUT2D eigenvalue weighted by Crippen LogP contribution is 2.19. The molecule has 0 fully saturated rings. The van der Waals surface area contributed by atoms with Gasteiger partial charge < -0.3 is 5.32 Å². The van der Waals surface area contributed by atoms with E-state index in [1.165, 1.54) is 12.1 Å². The first kappa shape index (κ1) is 15.6. The summed E-state index contributed by atoms with van der Waals surface area (Å²) in [6, 6.07) is 4.12. The van der Waals surface area contributed by atoms with Crippen molar-refractivity contribution in [2.45, 2.75) is 39.3 Å². The zero-order chi connectivity index (χ0) is 15.2. The van der Waals surface area contributed by atoms with Crippen molar-refractivity contribution in [1.29, 1.82) is 0 Å². The number of hydrogen-bond acceptors (Lipinski definition) is 2. The molecule has 0 aliphatic rings. The molecule has 1 N–H and O–H groups in total. The second-order valence-electron chi connectivity index (χ2n) is 5.09. The molecule has 1 aromatic heterocycles. The number of aryl methyl sites for hydroxylation is 1. The van der Waals surface area contributed by atoms with E-state index in [9.17, 15) is 8.78 Å². The van der Waals surface area contributed by atoms with Gasteiger partial charge in [-0.15, -0.1) is 0 Å². The lowest BCUT2D eigenvalue weighted by atomic mass is 10.0. The van der Waals surface area contributed by atoms with Gasteiger partial charge in [-0.2, -0.15) is 5.10 Å². The van der Waals surface area contributed by atoms with E-state index in [0.717, 1.165) is 30.6 Å². The molecule has 0 saturated carbocycles. The molecule has 1 atom stereocenters. The number of halogens is 2. The van der Waals surface area contributed by atoms with Gasteiger partial charge in [-0.3, -0.25) is 4.68 Å². The Labute approximate surface area is 124 Å². The highest BCUT2D eigenvalue weighted by Gasteiger charge is 2.14. The van der Waals surface area contributed by atoms with E-state index in [4.69, 9.17) is 0 Å². The van der Waals surface area contributed by atoms with Crippen molar-refractivity contribution in [2.75, 3.05) is 6.54 Å². The minimum atomic E-state index is -0.810. The molecule has 1 heterocycles. The number of aromatic nitrogens is 2. The molecule has 0 spiro atoms. The predicted octanol–water partition coefficient (Wildman–Crippen LogP) is 3.46. The zero-order valence-corrected chi connectivity index (χ0v) is 12.4. The summed E-state index contributed by atoms with van der Waals surface area (Å²) in [4.78, 5) is 0. The molecule has 0 bridgehead atoms. The van der Waals surface area contributed by atoms with E-state index in [2.05, 4.69) is 17.3 Å². The van der Waals surface area contributed by atoms with Crippen molar-refractivity contribution in [3.8, 4) is 0 Å². The van der Waals surface area contributed by atoms with Gasteiger partial charge in [0.15, 0.2) is 11.6 Å². The van der Waals surface area contributed by atoms with Crippen LogP contribution in [0, 0.1) is 11.6 Å². The Kier molecular flexibility index (Phi) is 5.44. The van der Waals surface area contributed by atoms with Crippen molar-refractivity contribution >= 4 is 0 Å². The summed E-state index contributed by atoms with van der Waals surface area (Å²) in [6.45, 7) is 5.80. The summed E-state index contributed by atoms with van der Waals surface area (Å²) in [5.74, 6) is -1.61. The lowest BCUT2D eigenvalue weighted by Gasteiger charge is -2.17. The van der Waals surface area contributed by atoms with Crippen molar-refractivity contribution < 1.29 is 8.78 Å². The summed E-state index contributed by atoms with van der Waals surface area (Å²) in [7, 11) is 0. The molecular formula is C16H21F2N3. The molecule has 2 rings (SSSR count). The molecule has 3 nitrogen and oxygen atoms in total. The van der Waals surface area contributed by atoms with Crippen molar-refractivity contribution in [2.24, 2.45) is 0 Å². The molecular weight excluding hydrogens is 272 g/mol.